The Morgan fingerprint density at radius 3 is 3.33 bits per heavy atom. The summed E-state index contributed by atoms with van der Waals surface area (Å²) < 4.78 is 0. The number of hydrogen-bond donors (Lipinski definition) is 2. The number of aromatic amines is 1. The second kappa shape index (κ2) is 3.34. The summed E-state index contributed by atoms with van der Waals surface area (Å²) in [5.74, 6) is 1.01. The number of hydrogen-bond acceptors (Lipinski definition) is 2. The van der Waals surface area contributed by atoms with Crippen molar-refractivity contribution in [1.29, 1.82) is 0 Å². The molecule has 2 aliphatic rings. The van der Waals surface area contributed by atoms with Gasteiger partial charge in [0.15, 0.2) is 0 Å². The average Bonchev–Trinajstić information content (AvgIpc) is 2.71. The van der Waals surface area contributed by atoms with Crippen LogP contribution in [0.5, 0.6) is 0 Å². The molecule has 0 aromatic carbocycles. The van der Waals surface area contributed by atoms with Gasteiger partial charge in [0.25, 0.3) is 0 Å². The van der Waals surface area contributed by atoms with E-state index in [4.69, 9.17) is 0 Å². The van der Waals surface area contributed by atoms with Gasteiger partial charge in [-0.15, -0.1) is 0 Å². The van der Waals surface area contributed by atoms with Gasteiger partial charge in [-0.2, -0.15) is 5.10 Å². The molecule has 3 nitrogen and oxygen atoms in total. The quantitative estimate of drug-likeness (QED) is 0.793. The lowest BCUT2D eigenvalue weighted by Crippen LogP contribution is -2.38. The fraction of sp³-hybridized carbons (Fsp3) is 0.750. The third-order valence-corrected chi connectivity index (χ3v) is 4.40. The summed E-state index contributed by atoms with van der Waals surface area (Å²) in [6, 6.07) is 2.77. The molecule has 2 saturated carbocycles. The summed E-state index contributed by atoms with van der Waals surface area (Å²) in [6.45, 7) is 3.38. The summed E-state index contributed by atoms with van der Waals surface area (Å²) in [6.07, 6.45) is 7.47. The first kappa shape index (κ1) is 9.40. The van der Waals surface area contributed by atoms with Crippen LogP contribution in [0, 0.1) is 11.3 Å². The second-order valence-electron chi connectivity index (χ2n) is 5.35. The van der Waals surface area contributed by atoms with E-state index in [1.165, 1.54) is 31.4 Å². The van der Waals surface area contributed by atoms with Crippen molar-refractivity contribution in [2.75, 3.05) is 0 Å². The molecule has 0 radical (unpaired) electrons. The van der Waals surface area contributed by atoms with E-state index < -0.39 is 0 Å². The predicted octanol–water partition coefficient (Wildman–Crippen LogP) is 2.08. The number of rotatable bonds is 3. The highest BCUT2D eigenvalue weighted by Gasteiger charge is 2.56. The Morgan fingerprint density at radius 1 is 1.60 bits per heavy atom. The molecule has 15 heavy (non-hydrogen) atoms. The minimum atomic E-state index is 0.609. The van der Waals surface area contributed by atoms with E-state index in [0.717, 1.165) is 18.5 Å². The van der Waals surface area contributed by atoms with Gasteiger partial charge < -0.3 is 5.32 Å². The van der Waals surface area contributed by atoms with E-state index in [9.17, 15) is 0 Å². The molecule has 1 aromatic heterocycles. The predicted molar refractivity (Wildman–Crippen MR) is 59.3 cm³/mol. The van der Waals surface area contributed by atoms with Crippen LogP contribution in [0.2, 0.25) is 0 Å². The van der Waals surface area contributed by atoms with Crippen LogP contribution >= 0.6 is 0 Å². The molecule has 2 aliphatic carbocycles. The van der Waals surface area contributed by atoms with E-state index in [1.807, 2.05) is 12.3 Å². The van der Waals surface area contributed by atoms with Gasteiger partial charge in [-0.05, 0) is 36.7 Å². The molecule has 3 rings (SSSR count). The van der Waals surface area contributed by atoms with Crippen LogP contribution in [0.25, 0.3) is 0 Å². The molecule has 0 amide bonds. The van der Waals surface area contributed by atoms with Crippen molar-refractivity contribution >= 4 is 0 Å². The van der Waals surface area contributed by atoms with Gasteiger partial charge >= 0.3 is 0 Å². The third kappa shape index (κ3) is 1.59. The van der Waals surface area contributed by atoms with Crippen LogP contribution in [0.15, 0.2) is 12.3 Å². The SMILES string of the molecule is CC12CC1CCCC2NCc1ccn[nH]1. The first-order valence-corrected chi connectivity index (χ1v) is 6.01. The van der Waals surface area contributed by atoms with Crippen molar-refractivity contribution in [1.82, 2.24) is 15.5 Å². The zero-order valence-corrected chi connectivity index (χ0v) is 9.29. The third-order valence-electron chi connectivity index (χ3n) is 4.40. The van der Waals surface area contributed by atoms with E-state index in [1.54, 1.807) is 0 Å². The highest BCUT2D eigenvalue weighted by molar-refractivity contribution is 5.09. The Labute approximate surface area is 90.7 Å². The molecule has 3 heteroatoms. The maximum absolute atomic E-state index is 3.97. The molecule has 0 saturated heterocycles. The number of H-pyrrole nitrogens is 1. The van der Waals surface area contributed by atoms with Crippen LogP contribution < -0.4 is 5.32 Å². The first-order valence-electron chi connectivity index (χ1n) is 6.01. The van der Waals surface area contributed by atoms with Crippen LogP contribution in [0.4, 0.5) is 0 Å². The van der Waals surface area contributed by atoms with E-state index >= 15 is 0 Å². The molecule has 3 unspecified atom stereocenters. The standard InChI is InChI=1S/C12H19N3/c1-12-7-9(12)3-2-4-11(12)13-8-10-5-6-14-15-10/h5-6,9,11,13H,2-4,7-8H2,1H3,(H,14,15). The van der Waals surface area contributed by atoms with Crippen molar-refractivity contribution in [3.8, 4) is 0 Å². The lowest BCUT2D eigenvalue weighted by Gasteiger charge is -2.30. The maximum Gasteiger partial charge on any atom is 0.0490 e. The van der Waals surface area contributed by atoms with Crippen molar-refractivity contribution in [2.24, 2.45) is 11.3 Å². The van der Waals surface area contributed by atoms with Gasteiger partial charge in [-0.3, -0.25) is 5.10 Å². The van der Waals surface area contributed by atoms with Crippen LogP contribution in [-0.4, -0.2) is 16.2 Å². The van der Waals surface area contributed by atoms with E-state index in [0.29, 0.717) is 5.41 Å². The number of nitrogens with one attached hydrogen (secondary N) is 2. The zero-order chi connectivity index (χ0) is 10.3. The Balaban J connectivity index is 1.59. The first-order chi connectivity index (χ1) is 7.29. The summed E-state index contributed by atoms with van der Waals surface area (Å²) in [5, 5.41) is 10.7. The van der Waals surface area contributed by atoms with E-state index in [-0.39, 0.29) is 0 Å². The van der Waals surface area contributed by atoms with E-state index in [2.05, 4.69) is 22.4 Å². The molecular weight excluding hydrogens is 186 g/mol. The lowest BCUT2D eigenvalue weighted by atomic mass is 9.85. The van der Waals surface area contributed by atoms with Gasteiger partial charge in [0, 0.05) is 24.5 Å². The largest absolute Gasteiger partial charge is 0.308 e. The molecule has 82 valence electrons. The summed E-state index contributed by atoms with van der Waals surface area (Å²) in [5.41, 5.74) is 1.81. The van der Waals surface area contributed by atoms with Gasteiger partial charge in [0.1, 0.15) is 0 Å². The Hall–Kier alpha value is -0.830. The Morgan fingerprint density at radius 2 is 2.53 bits per heavy atom. The normalized spacial score (nSPS) is 38.7. The molecule has 0 bridgehead atoms. The summed E-state index contributed by atoms with van der Waals surface area (Å²) in [4.78, 5) is 0. The van der Waals surface area contributed by atoms with Crippen molar-refractivity contribution in [3.63, 3.8) is 0 Å². The molecule has 3 atom stereocenters. The molecule has 1 heterocycles. The molecule has 1 aromatic rings. The fourth-order valence-corrected chi connectivity index (χ4v) is 3.18. The average molecular weight is 205 g/mol. The van der Waals surface area contributed by atoms with Gasteiger partial charge in [-0.1, -0.05) is 13.3 Å². The molecule has 0 spiro atoms. The summed E-state index contributed by atoms with van der Waals surface area (Å²) >= 11 is 0. The van der Waals surface area contributed by atoms with Gasteiger partial charge in [0.2, 0.25) is 0 Å². The molecule has 0 aliphatic heterocycles. The topological polar surface area (TPSA) is 40.7 Å². The monoisotopic (exact) mass is 205 g/mol. The minimum absolute atomic E-state index is 0.609. The second-order valence-corrected chi connectivity index (χ2v) is 5.35. The summed E-state index contributed by atoms with van der Waals surface area (Å²) in [7, 11) is 0. The molecular formula is C12H19N3. The van der Waals surface area contributed by atoms with Gasteiger partial charge in [0.05, 0.1) is 0 Å². The lowest BCUT2D eigenvalue weighted by molar-refractivity contribution is 0.260. The van der Waals surface area contributed by atoms with Crippen molar-refractivity contribution in [3.05, 3.63) is 18.0 Å². The minimum Gasteiger partial charge on any atom is -0.308 e. The highest BCUT2D eigenvalue weighted by Crippen LogP contribution is 2.60. The van der Waals surface area contributed by atoms with Crippen molar-refractivity contribution in [2.45, 2.75) is 45.2 Å². The fourth-order valence-electron chi connectivity index (χ4n) is 3.18. The number of aromatic nitrogens is 2. The van der Waals surface area contributed by atoms with Crippen molar-refractivity contribution < 1.29 is 0 Å². The van der Waals surface area contributed by atoms with Crippen LogP contribution in [0.3, 0.4) is 0 Å². The maximum atomic E-state index is 3.97. The number of nitrogens with zero attached hydrogens (tertiary/aromatic N) is 1. The molecule has 2 N–H and O–H groups in total. The smallest absolute Gasteiger partial charge is 0.0490 e. The van der Waals surface area contributed by atoms with Crippen LogP contribution in [0.1, 0.15) is 38.3 Å². The zero-order valence-electron chi connectivity index (χ0n) is 9.29. The highest BCUT2D eigenvalue weighted by atomic mass is 15.1. The Bertz CT molecular complexity index is 333. The van der Waals surface area contributed by atoms with Gasteiger partial charge in [-0.25, -0.2) is 0 Å². The Kier molecular flexibility index (Phi) is 2.09. The van der Waals surface area contributed by atoms with Crippen LogP contribution in [-0.2, 0) is 6.54 Å². The number of fused-ring (bicyclic) bond motifs is 1. The molecule has 2 fully saturated rings.